The zero-order chi connectivity index (χ0) is 21.8. The lowest BCUT2D eigenvalue weighted by Crippen LogP contribution is -2.44. The third-order valence-electron chi connectivity index (χ3n) is 5.66. The highest BCUT2D eigenvalue weighted by Gasteiger charge is 2.32. The Balaban J connectivity index is 1.61. The van der Waals surface area contributed by atoms with Crippen molar-refractivity contribution in [1.29, 1.82) is 0 Å². The van der Waals surface area contributed by atoms with Gasteiger partial charge in [-0.3, -0.25) is 9.78 Å². The minimum Gasteiger partial charge on any atom is -0.373 e. The summed E-state index contributed by atoms with van der Waals surface area (Å²) in [5.41, 5.74) is 2.47. The molecule has 0 bridgehead atoms. The van der Waals surface area contributed by atoms with Crippen LogP contribution in [0.15, 0.2) is 66.9 Å². The number of carbonyl (C=O) groups is 1. The fourth-order valence-electron chi connectivity index (χ4n) is 4.23. The smallest absolute Gasteiger partial charge is 0.272 e. The molecule has 0 N–H and O–H groups in total. The highest BCUT2D eigenvalue weighted by molar-refractivity contribution is 5.92. The van der Waals surface area contributed by atoms with Crippen LogP contribution >= 0.6 is 0 Å². The normalized spacial score (nSPS) is 18.5. The molecule has 0 unspecified atom stereocenters. The average molecular weight is 422 g/mol. The minimum absolute atomic E-state index is 0.0180. The molecular formula is C25H24F2N2O2. The first-order chi connectivity index (χ1) is 15.1. The summed E-state index contributed by atoms with van der Waals surface area (Å²) in [6, 6.07) is 16.3. The number of hydrogen-bond acceptors (Lipinski definition) is 3. The van der Waals surface area contributed by atoms with Gasteiger partial charge in [0, 0.05) is 31.5 Å². The second kappa shape index (κ2) is 9.35. The molecule has 6 heteroatoms. The van der Waals surface area contributed by atoms with Crippen LogP contribution in [0.1, 0.15) is 41.9 Å². The summed E-state index contributed by atoms with van der Waals surface area (Å²) < 4.78 is 33.7. The SMILES string of the molecule is CCN(C(=O)c1ccccn1)[C@H]1CCO[C@@H](c2ccccc2-c2cc(F)cc(F)c2)C1. The summed E-state index contributed by atoms with van der Waals surface area (Å²) in [5, 5.41) is 0. The van der Waals surface area contributed by atoms with Crippen LogP contribution in [0.2, 0.25) is 0 Å². The number of aromatic nitrogens is 1. The van der Waals surface area contributed by atoms with Gasteiger partial charge in [0.2, 0.25) is 0 Å². The fraction of sp³-hybridized carbons (Fsp3) is 0.280. The Morgan fingerprint density at radius 2 is 1.84 bits per heavy atom. The van der Waals surface area contributed by atoms with Gasteiger partial charge >= 0.3 is 0 Å². The van der Waals surface area contributed by atoms with E-state index in [9.17, 15) is 13.6 Å². The molecule has 1 aliphatic heterocycles. The van der Waals surface area contributed by atoms with Gasteiger partial charge in [-0.2, -0.15) is 0 Å². The van der Waals surface area contributed by atoms with Gasteiger partial charge in [-0.05, 0) is 60.7 Å². The third kappa shape index (κ3) is 4.64. The molecule has 0 aliphatic carbocycles. The van der Waals surface area contributed by atoms with Gasteiger partial charge in [0.05, 0.1) is 6.10 Å². The van der Waals surface area contributed by atoms with Crippen LogP contribution in [-0.4, -0.2) is 35.0 Å². The van der Waals surface area contributed by atoms with Crippen molar-refractivity contribution < 1.29 is 18.3 Å². The highest BCUT2D eigenvalue weighted by Crippen LogP contribution is 2.37. The van der Waals surface area contributed by atoms with Crippen molar-refractivity contribution in [2.75, 3.05) is 13.2 Å². The van der Waals surface area contributed by atoms with Crippen LogP contribution in [-0.2, 0) is 4.74 Å². The van der Waals surface area contributed by atoms with E-state index in [0.29, 0.717) is 30.8 Å². The molecule has 31 heavy (non-hydrogen) atoms. The molecule has 2 heterocycles. The number of carbonyl (C=O) groups excluding carboxylic acids is 1. The van der Waals surface area contributed by atoms with E-state index in [-0.39, 0.29) is 18.1 Å². The van der Waals surface area contributed by atoms with E-state index in [1.807, 2.05) is 36.1 Å². The molecule has 4 nitrogen and oxygen atoms in total. The van der Waals surface area contributed by atoms with E-state index >= 15 is 0 Å². The number of ether oxygens (including phenoxy) is 1. The first kappa shape index (κ1) is 21.1. The molecular weight excluding hydrogens is 398 g/mol. The number of benzene rings is 2. The Hall–Kier alpha value is -3.12. The van der Waals surface area contributed by atoms with Gasteiger partial charge in [0.15, 0.2) is 0 Å². The number of halogens is 2. The molecule has 1 fully saturated rings. The van der Waals surface area contributed by atoms with E-state index in [1.165, 1.54) is 12.1 Å². The number of amides is 1. The maximum Gasteiger partial charge on any atom is 0.272 e. The Kier molecular flexibility index (Phi) is 6.37. The lowest BCUT2D eigenvalue weighted by molar-refractivity contribution is -0.0230. The van der Waals surface area contributed by atoms with Crippen LogP contribution < -0.4 is 0 Å². The standard InChI is InChI=1S/C25H24F2N2O2/c1-2-29(25(30)23-9-5-6-11-28-23)20-10-12-31-24(16-20)22-8-4-3-7-21(22)17-13-18(26)15-19(27)14-17/h3-9,11,13-15,20,24H,2,10,12,16H2,1H3/t20-,24+/m0/s1. The lowest BCUT2D eigenvalue weighted by atomic mass is 9.90. The second-order valence-corrected chi connectivity index (χ2v) is 7.59. The Bertz CT molecular complexity index is 1040. The summed E-state index contributed by atoms with van der Waals surface area (Å²) >= 11 is 0. The van der Waals surface area contributed by atoms with Crippen LogP contribution in [0.25, 0.3) is 11.1 Å². The Morgan fingerprint density at radius 1 is 1.10 bits per heavy atom. The topological polar surface area (TPSA) is 42.4 Å². The van der Waals surface area contributed by atoms with E-state index in [1.54, 1.807) is 24.4 Å². The summed E-state index contributed by atoms with van der Waals surface area (Å²) in [6.07, 6.45) is 2.65. The Labute approximate surface area is 180 Å². The van der Waals surface area contributed by atoms with Crippen LogP contribution in [0.4, 0.5) is 8.78 Å². The van der Waals surface area contributed by atoms with Crippen molar-refractivity contribution in [2.24, 2.45) is 0 Å². The molecule has 3 aromatic rings. The molecule has 1 saturated heterocycles. The van der Waals surface area contributed by atoms with Gasteiger partial charge in [0.25, 0.3) is 5.91 Å². The molecule has 0 saturated carbocycles. The van der Waals surface area contributed by atoms with Gasteiger partial charge in [-0.1, -0.05) is 30.3 Å². The third-order valence-corrected chi connectivity index (χ3v) is 5.66. The van der Waals surface area contributed by atoms with Gasteiger partial charge < -0.3 is 9.64 Å². The van der Waals surface area contributed by atoms with Crippen LogP contribution in [0.5, 0.6) is 0 Å². The maximum absolute atomic E-state index is 13.8. The first-order valence-electron chi connectivity index (χ1n) is 10.5. The molecule has 2 aromatic carbocycles. The number of pyridine rings is 1. The molecule has 0 radical (unpaired) electrons. The predicted molar refractivity (Wildman–Crippen MR) is 114 cm³/mol. The zero-order valence-electron chi connectivity index (χ0n) is 17.3. The largest absolute Gasteiger partial charge is 0.373 e. The van der Waals surface area contributed by atoms with Crippen LogP contribution in [0.3, 0.4) is 0 Å². The molecule has 1 aromatic heterocycles. The molecule has 1 aliphatic rings. The van der Waals surface area contributed by atoms with Gasteiger partial charge in [-0.25, -0.2) is 8.78 Å². The fourth-order valence-corrected chi connectivity index (χ4v) is 4.23. The maximum atomic E-state index is 13.8. The number of rotatable bonds is 5. The van der Waals surface area contributed by atoms with Crippen molar-refractivity contribution in [3.05, 3.63) is 89.8 Å². The summed E-state index contributed by atoms with van der Waals surface area (Å²) in [6.45, 7) is 3.01. The van der Waals surface area contributed by atoms with Gasteiger partial charge in [0.1, 0.15) is 17.3 Å². The zero-order valence-corrected chi connectivity index (χ0v) is 17.3. The van der Waals surface area contributed by atoms with Crippen molar-refractivity contribution >= 4 is 5.91 Å². The first-order valence-corrected chi connectivity index (χ1v) is 10.5. The summed E-state index contributed by atoms with van der Waals surface area (Å²) in [4.78, 5) is 19.1. The molecule has 0 spiro atoms. The van der Waals surface area contributed by atoms with E-state index in [4.69, 9.17) is 4.74 Å². The highest BCUT2D eigenvalue weighted by atomic mass is 19.1. The predicted octanol–water partition coefficient (Wildman–Crippen LogP) is 5.41. The van der Waals surface area contributed by atoms with Crippen molar-refractivity contribution in [3.8, 4) is 11.1 Å². The van der Waals surface area contributed by atoms with Gasteiger partial charge in [-0.15, -0.1) is 0 Å². The number of hydrogen-bond donors (Lipinski definition) is 0. The van der Waals surface area contributed by atoms with Crippen molar-refractivity contribution in [2.45, 2.75) is 31.9 Å². The second-order valence-electron chi connectivity index (χ2n) is 7.59. The van der Waals surface area contributed by atoms with Crippen molar-refractivity contribution in [1.82, 2.24) is 9.88 Å². The summed E-state index contributed by atoms with van der Waals surface area (Å²) in [7, 11) is 0. The molecule has 1 amide bonds. The Morgan fingerprint density at radius 3 is 2.55 bits per heavy atom. The van der Waals surface area contributed by atoms with E-state index < -0.39 is 11.6 Å². The molecule has 4 rings (SSSR count). The van der Waals surface area contributed by atoms with E-state index in [0.717, 1.165) is 23.6 Å². The average Bonchev–Trinajstić information content (AvgIpc) is 2.80. The minimum atomic E-state index is -0.620. The number of nitrogens with zero attached hydrogens (tertiary/aromatic N) is 2. The van der Waals surface area contributed by atoms with Crippen molar-refractivity contribution in [3.63, 3.8) is 0 Å². The monoisotopic (exact) mass is 422 g/mol. The van der Waals surface area contributed by atoms with E-state index in [2.05, 4.69) is 4.98 Å². The summed E-state index contributed by atoms with van der Waals surface area (Å²) in [5.74, 6) is -1.34. The molecule has 2 atom stereocenters. The lowest BCUT2D eigenvalue weighted by Gasteiger charge is -2.37. The van der Waals surface area contributed by atoms with Crippen LogP contribution in [0, 0.1) is 11.6 Å². The molecule has 160 valence electrons. The quantitative estimate of drug-likeness (QED) is 0.552.